The lowest BCUT2D eigenvalue weighted by Crippen LogP contribution is -1.94. The Morgan fingerprint density at radius 2 is 2.26 bits per heavy atom. The Hall–Kier alpha value is -1.47. The first-order valence-electron chi connectivity index (χ1n) is 5.86. The average Bonchev–Trinajstić information content (AvgIpc) is 2.96. The van der Waals surface area contributed by atoms with E-state index in [9.17, 15) is 4.79 Å². The van der Waals surface area contributed by atoms with E-state index in [2.05, 4.69) is 15.0 Å². The van der Waals surface area contributed by atoms with Crippen molar-refractivity contribution in [3.05, 3.63) is 28.2 Å². The maximum atomic E-state index is 11.0. The van der Waals surface area contributed by atoms with Crippen molar-refractivity contribution in [3.8, 4) is 0 Å². The Kier molecular flexibility index (Phi) is 3.24. The quantitative estimate of drug-likeness (QED) is 0.877. The van der Waals surface area contributed by atoms with Crippen LogP contribution in [0.5, 0.6) is 0 Å². The highest BCUT2D eigenvalue weighted by Gasteiger charge is 2.20. The minimum atomic E-state index is -0.922. The molecule has 1 aliphatic rings. The maximum Gasteiger partial charge on any atom is 0.347 e. The highest BCUT2D eigenvalue weighted by atomic mass is 32.2. The minimum absolute atomic E-state index is 0.299. The van der Waals surface area contributed by atoms with Gasteiger partial charge in [0.15, 0.2) is 4.34 Å². The molecule has 0 amide bonds. The Morgan fingerprint density at radius 1 is 1.42 bits per heavy atom. The van der Waals surface area contributed by atoms with Crippen molar-refractivity contribution < 1.29 is 9.90 Å². The van der Waals surface area contributed by atoms with E-state index in [1.54, 1.807) is 13.3 Å². The molecular weight excluding hydrogens is 282 g/mol. The molecule has 0 saturated carbocycles. The highest BCUT2D eigenvalue weighted by Crippen LogP contribution is 2.36. The predicted octanol–water partition coefficient (Wildman–Crippen LogP) is 2.58. The molecule has 0 saturated heterocycles. The van der Waals surface area contributed by atoms with Crippen molar-refractivity contribution >= 4 is 29.1 Å². The van der Waals surface area contributed by atoms with Crippen molar-refractivity contribution in [3.63, 3.8) is 0 Å². The molecule has 5 nitrogen and oxygen atoms in total. The molecule has 3 rings (SSSR count). The molecule has 7 heteroatoms. The number of rotatable bonds is 3. The van der Waals surface area contributed by atoms with E-state index in [1.807, 2.05) is 0 Å². The monoisotopic (exact) mass is 293 g/mol. The summed E-state index contributed by atoms with van der Waals surface area (Å²) in [6.07, 6.45) is 4.68. The van der Waals surface area contributed by atoms with Crippen LogP contribution in [0.2, 0.25) is 0 Å². The molecule has 2 aromatic rings. The number of nitrogens with zero attached hydrogens (tertiary/aromatic N) is 3. The first-order chi connectivity index (χ1) is 9.15. The lowest BCUT2D eigenvalue weighted by atomic mass is 10.3. The van der Waals surface area contributed by atoms with Crippen LogP contribution in [0.15, 0.2) is 15.7 Å². The van der Waals surface area contributed by atoms with Crippen LogP contribution in [0.1, 0.15) is 33.0 Å². The van der Waals surface area contributed by atoms with Crippen molar-refractivity contribution in [2.24, 2.45) is 0 Å². The molecule has 0 aliphatic heterocycles. The molecule has 2 heterocycles. The molecule has 0 unspecified atom stereocenters. The van der Waals surface area contributed by atoms with Crippen molar-refractivity contribution in [1.82, 2.24) is 15.0 Å². The number of hydrogen-bond donors (Lipinski definition) is 1. The Bertz CT molecular complexity index is 654. The molecular formula is C12H11N3O2S2. The van der Waals surface area contributed by atoms with E-state index in [0.717, 1.165) is 34.3 Å². The number of aromatic carboxylic acids is 1. The minimum Gasteiger partial charge on any atom is -0.477 e. The third-order valence-corrected chi connectivity index (χ3v) is 5.24. The van der Waals surface area contributed by atoms with Gasteiger partial charge < -0.3 is 5.11 Å². The van der Waals surface area contributed by atoms with Gasteiger partial charge in [0, 0.05) is 11.3 Å². The summed E-state index contributed by atoms with van der Waals surface area (Å²) in [5, 5.41) is 9.95. The van der Waals surface area contributed by atoms with E-state index in [-0.39, 0.29) is 0 Å². The van der Waals surface area contributed by atoms with Crippen LogP contribution >= 0.6 is 23.1 Å². The molecule has 1 N–H and O–H groups in total. The largest absolute Gasteiger partial charge is 0.477 e. The van der Waals surface area contributed by atoms with Gasteiger partial charge in [0.05, 0.1) is 5.69 Å². The fourth-order valence-corrected chi connectivity index (χ4v) is 4.20. The number of carbonyl (C=O) groups is 1. The molecule has 98 valence electrons. The second-order valence-corrected chi connectivity index (χ2v) is 6.49. The average molecular weight is 293 g/mol. The van der Waals surface area contributed by atoms with E-state index in [0.29, 0.717) is 10.6 Å². The van der Waals surface area contributed by atoms with E-state index >= 15 is 0 Å². The highest BCUT2D eigenvalue weighted by molar-refractivity contribution is 8.01. The maximum absolute atomic E-state index is 11.0. The molecule has 2 aromatic heterocycles. The standard InChI is InChI=1S/C12H11N3O2S2/c1-6-9(11(16)17)18-12(15-6)19-10-7-3-2-4-8(7)13-5-14-10/h5H,2-4H2,1H3,(H,16,17). The smallest absolute Gasteiger partial charge is 0.347 e. The van der Waals surface area contributed by atoms with Gasteiger partial charge in [-0.3, -0.25) is 0 Å². The predicted molar refractivity (Wildman–Crippen MR) is 72.0 cm³/mol. The number of hydrogen-bond acceptors (Lipinski definition) is 6. The molecule has 1 aliphatic carbocycles. The first kappa shape index (κ1) is 12.6. The summed E-state index contributed by atoms with van der Waals surface area (Å²) >= 11 is 2.64. The van der Waals surface area contributed by atoms with Crippen LogP contribution in [0, 0.1) is 6.92 Å². The van der Waals surface area contributed by atoms with Gasteiger partial charge in [0.2, 0.25) is 0 Å². The number of carboxylic acid groups (broad SMARTS) is 1. The molecule has 0 aromatic carbocycles. The second kappa shape index (κ2) is 4.90. The van der Waals surface area contributed by atoms with Gasteiger partial charge in [-0.05, 0) is 37.9 Å². The summed E-state index contributed by atoms with van der Waals surface area (Å²) in [4.78, 5) is 24.2. The third-order valence-electron chi connectivity index (χ3n) is 2.99. The van der Waals surface area contributed by atoms with Crippen LogP contribution in [0.3, 0.4) is 0 Å². The first-order valence-corrected chi connectivity index (χ1v) is 7.50. The number of fused-ring (bicyclic) bond motifs is 1. The van der Waals surface area contributed by atoms with Crippen molar-refractivity contribution in [1.29, 1.82) is 0 Å². The summed E-state index contributed by atoms with van der Waals surface area (Å²) in [7, 11) is 0. The molecule has 0 bridgehead atoms. The summed E-state index contributed by atoms with van der Waals surface area (Å²) in [5.74, 6) is -0.922. The van der Waals surface area contributed by atoms with Crippen LogP contribution in [0.25, 0.3) is 0 Å². The summed E-state index contributed by atoms with van der Waals surface area (Å²) in [6.45, 7) is 1.72. The Balaban J connectivity index is 1.92. The topological polar surface area (TPSA) is 76.0 Å². The summed E-state index contributed by atoms with van der Waals surface area (Å²) in [5.41, 5.74) is 2.87. The van der Waals surface area contributed by atoms with Crippen molar-refractivity contribution in [2.45, 2.75) is 35.6 Å². The normalized spacial score (nSPS) is 13.5. The van der Waals surface area contributed by atoms with Crippen LogP contribution < -0.4 is 0 Å². The van der Waals surface area contributed by atoms with E-state index in [1.165, 1.54) is 28.7 Å². The zero-order chi connectivity index (χ0) is 13.4. The fraction of sp³-hybridized carbons (Fsp3) is 0.333. The van der Waals surface area contributed by atoms with Gasteiger partial charge in [-0.15, -0.1) is 0 Å². The van der Waals surface area contributed by atoms with Gasteiger partial charge in [0.25, 0.3) is 0 Å². The summed E-state index contributed by atoms with van der Waals surface area (Å²) in [6, 6.07) is 0. The Morgan fingerprint density at radius 3 is 3.00 bits per heavy atom. The molecule has 19 heavy (non-hydrogen) atoms. The molecule has 0 radical (unpaired) electrons. The van der Waals surface area contributed by atoms with Gasteiger partial charge in [0.1, 0.15) is 16.2 Å². The summed E-state index contributed by atoms with van der Waals surface area (Å²) < 4.78 is 0.725. The number of thiazole rings is 1. The van der Waals surface area contributed by atoms with Crippen LogP contribution in [-0.2, 0) is 12.8 Å². The number of aromatic nitrogens is 3. The number of carboxylic acids is 1. The SMILES string of the molecule is Cc1nc(Sc2ncnc3c2CCC3)sc1C(=O)O. The van der Waals surface area contributed by atoms with Crippen LogP contribution in [0.4, 0.5) is 0 Å². The van der Waals surface area contributed by atoms with Gasteiger partial charge >= 0.3 is 5.97 Å². The van der Waals surface area contributed by atoms with E-state index < -0.39 is 5.97 Å². The lowest BCUT2D eigenvalue weighted by molar-refractivity contribution is 0.0701. The second-order valence-electron chi connectivity index (χ2n) is 4.26. The van der Waals surface area contributed by atoms with Crippen LogP contribution in [-0.4, -0.2) is 26.0 Å². The number of aryl methyl sites for hydroxylation is 2. The Labute approximate surface area is 118 Å². The molecule has 0 atom stereocenters. The fourth-order valence-electron chi connectivity index (χ4n) is 2.11. The van der Waals surface area contributed by atoms with E-state index in [4.69, 9.17) is 5.11 Å². The van der Waals surface area contributed by atoms with Crippen molar-refractivity contribution in [2.75, 3.05) is 0 Å². The third kappa shape index (κ3) is 2.35. The molecule has 0 fully saturated rings. The zero-order valence-electron chi connectivity index (χ0n) is 10.2. The van der Waals surface area contributed by atoms with Gasteiger partial charge in [-0.25, -0.2) is 19.7 Å². The van der Waals surface area contributed by atoms with Gasteiger partial charge in [-0.1, -0.05) is 11.3 Å². The molecule has 0 spiro atoms. The lowest BCUT2D eigenvalue weighted by Gasteiger charge is -2.03. The van der Waals surface area contributed by atoms with Gasteiger partial charge in [-0.2, -0.15) is 0 Å². The zero-order valence-corrected chi connectivity index (χ0v) is 11.8.